The zero-order valence-electron chi connectivity index (χ0n) is 20.6. The zero-order chi connectivity index (χ0) is 25.7. The van der Waals surface area contributed by atoms with E-state index in [1.165, 1.54) is 17.4 Å². The van der Waals surface area contributed by atoms with Crippen molar-refractivity contribution >= 4 is 28.7 Å². The number of ether oxygens (including phenoxy) is 3. The molecule has 6 nitrogen and oxygen atoms in total. The highest BCUT2D eigenvalue weighted by Gasteiger charge is 2.23. The van der Waals surface area contributed by atoms with E-state index in [9.17, 15) is 13.6 Å². The van der Waals surface area contributed by atoms with E-state index in [-0.39, 0.29) is 17.6 Å². The Morgan fingerprint density at radius 2 is 1.86 bits per heavy atom. The molecule has 0 bridgehead atoms. The summed E-state index contributed by atoms with van der Waals surface area (Å²) in [6, 6.07) is 12.1. The molecule has 4 rings (SSSR count). The van der Waals surface area contributed by atoms with E-state index >= 15 is 0 Å². The molecule has 1 fully saturated rings. The highest BCUT2D eigenvalue weighted by molar-refractivity contribution is 7.09. The Labute approximate surface area is 213 Å². The minimum atomic E-state index is -2.96. The number of thiazole rings is 1. The largest absolute Gasteiger partial charge is 0.486 e. The molecule has 3 aromatic rings. The average molecular weight is 517 g/mol. The third-order valence-electron chi connectivity index (χ3n) is 5.64. The monoisotopic (exact) mass is 516 g/mol. The van der Waals surface area contributed by atoms with Gasteiger partial charge in [-0.05, 0) is 76.8 Å². The Bertz CT molecular complexity index is 1160. The summed E-state index contributed by atoms with van der Waals surface area (Å²) >= 11 is 1.50. The maximum atomic E-state index is 13.1. The first kappa shape index (κ1) is 25.9. The van der Waals surface area contributed by atoms with Crippen LogP contribution in [0.25, 0.3) is 0 Å². The fourth-order valence-electron chi connectivity index (χ4n) is 4.08. The van der Waals surface area contributed by atoms with Gasteiger partial charge in [0.2, 0.25) is 0 Å². The standard InChI is InChI=1S/C27H30F2N2O4S/c1-27(2,3)35-25(32)18-7-6-8-19(13-18)31(16-22-15-30-17-36-22)20-11-12-23(34-26(28)29)24(14-20)33-21-9-4-5-10-21/h6-8,11-15,17,21,26H,4-5,9-10,16H2,1-3H3. The predicted molar refractivity (Wildman–Crippen MR) is 136 cm³/mol. The van der Waals surface area contributed by atoms with Crippen LogP contribution in [0.15, 0.2) is 54.2 Å². The van der Waals surface area contributed by atoms with Gasteiger partial charge in [-0.1, -0.05) is 6.07 Å². The van der Waals surface area contributed by atoms with Crippen LogP contribution in [0.4, 0.5) is 20.2 Å². The number of esters is 1. The lowest BCUT2D eigenvalue weighted by molar-refractivity contribution is -0.0520. The molecule has 1 aliphatic carbocycles. The molecule has 192 valence electrons. The summed E-state index contributed by atoms with van der Waals surface area (Å²) in [6.07, 6.45) is 5.58. The lowest BCUT2D eigenvalue weighted by Crippen LogP contribution is -2.24. The van der Waals surface area contributed by atoms with Crippen LogP contribution in [0.3, 0.4) is 0 Å². The molecule has 0 amide bonds. The number of benzene rings is 2. The van der Waals surface area contributed by atoms with Crippen molar-refractivity contribution in [3.05, 3.63) is 64.6 Å². The molecule has 1 saturated carbocycles. The second-order valence-electron chi connectivity index (χ2n) is 9.64. The first-order valence-corrected chi connectivity index (χ1v) is 12.8. The predicted octanol–water partition coefficient (Wildman–Crippen LogP) is 7.36. The van der Waals surface area contributed by atoms with Crippen LogP contribution in [-0.2, 0) is 11.3 Å². The topological polar surface area (TPSA) is 60.9 Å². The molecule has 2 aromatic carbocycles. The summed E-state index contributed by atoms with van der Waals surface area (Å²) in [6.45, 7) is 2.96. The number of hydrogen-bond acceptors (Lipinski definition) is 7. The van der Waals surface area contributed by atoms with Crippen LogP contribution in [-0.4, -0.2) is 29.3 Å². The fraction of sp³-hybridized carbons (Fsp3) is 0.407. The summed E-state index contributed by atoms with van der Waals surface area (Å²) in [4.78, 5) is 19.9. The van der Waals surface area contributed by atoms with Gasteiger partial charge >= 0.3 is 12.6 Å². The van der Waals surface area contributed by atoms with Gasteiger partial charge in [-0.3, -0.25) is 4.98 Å². The van der Waals surface area contributed by atoms with Gasteiger partial charge in [-0.2, -0.15) is 8.78 Å². The molecule has 0 unspecified atom stereocenters. The Balaban J connectivity index is 1.71. The first-order chi connectivity index (χ1) is 17.2. The van der Waals surface area contributed by atoms with E-state index in [0.717, 1.165) is 36.2 Å². The van der Waals surface area contributed by atoms with Gasteiger partial charge in [0.25, 0.3) is 0 Å². The van der Waals surface area contributed by atoms with Crippen molar-refractivity contribution in [2.45, 2.75) is 71.3 Å². The van der Waals surface area contributed by atoms with Crippen LogP contribution in [0.5, 0.6) is 11.5 Å². The Kier molecular flexibility index (Phi) is 8.08. The summed E-state index contributed by atoms with van der Waals surface area (Å²) in [5.41, 5.74) is 2.98. The minimum absolute atomic E-state index is 0.000830. The van der Waals surface area contributed by atoms with E-state index in [1.807, 2.05) is 31.7 Å². The lowest BCUT2D eigenvalue weighted by Gasteiger charge is -2.27. The number of aromatic nitrogens is 1. The number of nitrogens with zero attached hydrogens (tertiary/aromatic N) is 2. The quantitative estimate of drug-likeness (QED) is 0.277. The van der Waals surface area contributed by atoms with Crippen molar-refractivity contribution in [2.24, 2.45) is 0 Å². The van der Waals surface area contributed by atoms with Crippen molar-refractivity contribution in [2.75, 3.05) is 4.90 Å². The van der Waals surface area contributed by atoms with E-state index in [4.69, 9.17) is 14.2 Å². The third kappa shape index (κ3) is 6.94. The normalized spacial score (nSPS) is 14.2. The van der Waals surface area contributed by atoms with Crippen molar-refractivity contribution in [1.82, 2.24) is 4.98 Å². The SMILES string of the molecule is CC(C)(C)OC(=O)c1cccc(N(Cc2cncs2)c2ccc(OC(F)F)c(OC3CCCC3)c2)c1. The number of halogens is 2. The van der Waals surface area contributed by atoms with Crippen molar-refractivity contribution in [3.8, 4) is 11.5 Å². The molecule has 1 aromatic heterocycles. The van der Waals surface area contributed by atoms with Gasteiger partial charge in [0, 0.05) is 28.5 Å². The highest BCUT2D eigenvalue weighted by Crippen LogP contribution is 2.39. The number of anilines is 2. The van der Waals surface area contributed by atoms with Gasteiger partial charge in [0.15, 0.2) is 11.5 Å². The molecule has 1 heterocycles. The van der Waals surface area contributed by atoms with Crippen LogP contribution >= 0.6 is 11.3 Å². The molecular weight excluding hydrogens is 486 g/mol. The van der Waals surface area contributed by atoms with Gasteiger partial charge in [-0.15, -0.1) is 11.3 Å². The van der Waals surface area contributed by atoms with Gasteiger partial charge in [0.05, 0.1) is 23.7 Å². The summed E-state index contributed by atoms with van der Waals surface area (Å²) in [5.74, 6) is -0.147. The summed E-state index contributed by atoms with van der Waals surface area (Å²) in [5, 5.41) is 0. The Morgan fingerprint density at radius 3 is 2.53 bits per heavy atom. The summed E-state index contributed by atoms with van der Waals surface area (Å²) < 4.78 is 42.6. The maximum Gasteiger partial charge on any atom is 0.387 e. The molecule has 0 aliphatic heterocycles. The molecule has 36 heavy (non-hydrogen) atoms. The molecule has 0 spiro atoms. The second kappa shape index (κ2) is 11.2. The van der Waals surface area contributed by atoms with Crippen LogP contribution in [0, 0.1) is 0 Å². The zero-order valence-corrected chi connectivity index (χ0v) is 21.4. The second-order valence-corrected chi connectivity index (χ2v) is 10.6. The smallest absolute Gasteiger partial charge is 0.387 e. The third-order valence-corrected chi connectivity index (χ3v) is 6.41. The molecule has 1 aliphatic rings. The number of carbonyl (C=O) groups excluding carboxylic acids is 1. The van der Waals surface area contributed by atoms with Crippen LogP contribution < -0.4 is 14.4 Å². The fourth-order valence-corrected chi connectivity index (χ4v) is 4.66. The molecule has 0 saturated heterocycles. The molecule has 9 heteroatoms. The van der Waals surface area contributed by atoms with Gasteiger partial charge < -0.3 is 19.1 Å². The molecular formula is C27H30F2N2O4S. The number of alkyl halides is 2. The van der Waals surface area contributed by atoms with Crippen molar-refractivity contribution in [3.63, 3.8) is 0 Å². The summed E-state index contributed by atoms with van der Waals surface area (Å²) in [7, 11) is 0. The molecule has 0 N–H and O–H groups in total. The van der Waals surface area contributed by atoms with Crippen LogP contribution in [0.1, 0.15) is 61.7 Å². The Morgan fingerprint density at radius 1 is 1.11 bits per heavy atom. The van der Waals surface area contributed by atoms with Gasteiger partial charge in [0.1, 0.15) is 5.60 Å². The average Bonchev–Trinajstić information content (AvgIpc) is 3.52. The number of rotatable bonds is 9. The highest BCUT2D eigenvalue weighted by atomic mass is 32.1. The first-order valence-electron chi connectivity index (χ1n) is 11.9. The van der Waals surface area contributed by atoms with Gasteiger partial charge in [-0.25, -0.2) is 4.79 Å². The van der Waals surface area contributed by atoms with Crippen molar-refractivity contribution < 1.29 is 27.8 Å². The molecule has 0 atom stereocenters. The Hall–Kier alpha value is -3.20. The minimum Gasteiger partial charge on any atom is -0.486 e. The van der Waals surface area contributed by atoms with Crippen LogP contribution in [0.2, 0.25) is 0 Å². The van der Waals surface area contributed by atoms with Crippen molar-refractivity contribution in [1.29, 1.82) is 0 Å². The molecule has 0 radical (unpaired) electrons. The lowest BCUT2D eigenvalue weighted by atomic mass is 10.1. The van der Waals surface area contributed by atoms with E-state index < -0.39 is 18.2 Å². The van der Waals surface area contributed by atoms with E-state index in [2.05, 4.69) is 4.98 Å². The van der Waals surface area contributed by atoms with E-state index in [0.29, 0.717) is 17.8 Å². The maximum absolute atomic E-state index is 13.1. The number of carbonyl (C=O) groups is 1. The van der Waals surface area contributed by atoms with E-state index in [1.54, 1.807) is 42.0 Å². The number of hydrogen-bond donors (Lipinski definition) is 0.